The first-order valence-corrected chi connectivity index (χ1v) is 10.6. The van der Waals surface area contributed by atoms with Crippen molar-refractivity contribution in [3.8, 4) is 17.2 Å². The number of hydrogen-bond donors (Lipinski definition) is 2. The summed E-state index contributed by atoms with van der Waals surface area (Å²) in [6, 6.07) is 14.0. The number of thiophene rings is 1. The maximum atomic E-state index is 13.1. The second kappa shape index (κ2) is 8.76. The molecule has 32 heavy (non-hydrogen) atoms. The Morgan fingerprint density at radius 1 is 1.06 bits per heavy atom. The maximum absolute atomic E-state index is 13.1. The first-order chi connectivity index (χ1) is 15.4. The van der Waals surface area contributed by atoms with Crippen molar-refractivity contribution in [3.63, 3.8) is 0 Å². The third-order valence-corrected chi connectivity index (χ3v) is 6.16. The number of nitrogens with zero attached hydrogens (tertiary/aromatic N) is 1. The van der Waals surface area contributed by atoms with Crippen LogP contribution >= 0.6 is 11.3 Å². The van der Waals surface area contributed by atoms with Crippen LogP contribution in [0.25, 0.3) is 5.76 Å². The number of ketones is 1. The van der Waals surface area contributed by atoms with Crippen molar-refractivity contribution >= 4 is 28.8 Å². The van der Waals surface area contributed by atoms with Gasteiger partial charge in [-0.3, -0.25) is 9.59 Å². The monoisotopic (exact) mass is 451 g/mol. The number of phenols is 1. The molecule has 0 aliphatic carbocycles. The fraction of sp³-hybridized carbons (Fsp3) is 0.167. The molecule has 1 aliphatic rings. The number of methoxy groups -OCH3 is 2. The van der Waals surface area contributed by atoms with Crippen LogP contribution in [0.2, 0.25) is 0 Å². The van der Waals surface area contributed by atoms with E-state index >= 15 is 0 Å². The Hall–Kier alpha value is -3.78. The van der Waals surface area contributed by atoms with Gasteiger partial charge in [0.2, 0.25) is 0 Å². The van der Waals surface area contributed by atoms with Gasteiger partial charge in [-0.05, 0) is 41.3 Å². The van der Waals surface area contributed by atoms with E-state index in [1.807, 2.05) is 17.5 Å². The Morgan fingerprint density at radius 2 is 1.88 bits per heavy atom. The average molecular weight is 452 g/mol. The van der Waals surface area contributed by atoms with Crippen molar-refractivity contribution in [1.82, 2.24) is 4.90 Å². The molecule has 1 amide bonds. The van der Waals surface area contributed by atoms with Crippen molar-refractivity contribution < 1.29 is 29.3 Å². The molecule has 1 saturated heterocycles. The Labute approximate surface area is 188 Å². The summed E-state index contributed by atoms with van der Waals surface area (Å²) < 4.78 is 10.6. The van der Waals surface area contributed by atoms with E-state index in [1.54, 1.807) is 30.3 Å². The Bertz CT molecular complexity index is 1200. The van der Waals surface area contributed by atoms with Crippen LogP contribution in [0.4, 0.5) is 0 Å². The molecule has 0 spiro atoms. The average Bonchev–Trinajstić information content (AvgIpc) is 3.40. The standard InChI is InChI=1S/C24H21NO6S/c1-30-16-8-9-18(19(12-16)31-2)22(27)20-21(14-5-3-6-15(26)11-14)25(24(29)23(20)28)13-17-7-4-10-32-17/h3-12,21,26-27H,13H2,1-2H3/b22-20-. The number of carbonyl (C=O) groups is 2. The molecule has 0 saturated carbocycles. The van der Waals surface area contributed by atoms with Crippen LogP contribution in [0.3, 0.4) is 0 Å². The second-order valence-corrected chi connectivity index (χ2v) is 8.20. The van der Waals surface area contributed by atoms with E-state index in [2.05, 4.69) is 0 Å². The summed E-state index contributed by atoms with van der Waals surface area (Å²) in [4.78, 5) is 28.4. The molecule has 2 N–H and O–H groups in total. The fourth-order valence-electron chi connectivity index (χ4n) is 3.79. The molecule has 1 aromatic heterocycles. The summed E-state index contributed by atoms with van der Waals surface area (Å²) in [6.45, 7) is 0.194. The molecule has 1 atom stereocenters. The first kappa shape index (κ1) is 21.5. The van der Waals surface area contributed by atoms with Gasteiger partial charge in [0.1, 0.15) is 23.0 Å². The molecule has 1 fully saturated rings. The lowest BCUT2D eigenvalue weighted by Gasteiger charge is -2.25. The largest absolute Gasteiger partial charge is 0.508 e. The van der Waals surface area contributed by atoms with E-state index in [-0.39, 0.29) is 29.2 Å². The molecule has 164 valence electrons. The molecule has 7 nitrogen and oxygen atoms in total. The normalized spacial score (nSPS) is 17.6. The van der Waals surface area contributed by atoms with Crippen molar-refractivity contribution in [2.45, 2.75) is 12.6 Å². The number of phenolic OH excluding ortho intramolecular Hbond substituents is 1. The smallest absolute Gasteiger partial charge is 0.295 e. The van der Waals surface area contributed by atoms with E-state index in [4.69, 9.17) is 9.47 Å². The third kappa shape index (κ3) is 3.80. The third-order valence-electron chi connectivity index (χ3n) is 5.30. The van der Waals surface area contributed by atoms with Crippen molar-refractivity contribution in [2.75, 3.05) is 14.2 Å². The van der Waals surface area contributed by atoms with Crippen LogP contribution in [0.1, 0.15) is 22.0 Å². The number of benzene rings is 2. The highest BCUT2D eigenvalue weighted by molar-refractivity contribution is 7.09. The molecular weight excluding hydrogens is 430 g/mol. The van der Waals surface area contributed by atoms with Crippen molar-refractivity contribution in [2.24, 2.45) is 0 Å². The van der Waals surface area contributed by atoms with Crippen LogP contribution in [0.5, 0.6) is 17.2 Å². The molecular formula is C24H21NO6S. The van der Waals surface area contributed by atoms with Gasteiger partial charge in [-0.25, -0.2) is 0 Å². The van der Waals surface area contributed by atoms with E-state index in [0.717, 1.165) is 4.88 Å². The summed E-state index contributed by atoms with van der Waals surface area (Å²) in [7, 11) is 2.94. The lowest BCUT2D eigenvalue weighted by atomic mass is 9.94. The molecule has 1 aliphatic heterocycles. The zero-order valence-electron chi connectivity index (χ0n) is 17.4. The highest BCUT2D eigenvalue weighted by atomic mass is 32.1. The molecule has 8 heteroatoms. The second-order valence-electron chi connectivity index (χ2n) is 7.17. The minimum atomic E-state index is -0.879. The molecule has 2 aromatic carbocycles. The van der Waals surface area contributed by atoms with Gasteiger partial charge in [-0.2, -0.15) is 0 Å². The summed E-state index contributed by atoms with van der Waals surface area (Å²) in [5.74, 6) is -1.08. The zero-order chi connectivity index (χ0) is 22.8. The van der Waals surface area contributed by atoms with Gasteiger partial charge in [0.25, 0.3) is 11.7 Å². The number of ether oxygens (including phenoxy) is 2. The van der Waals surface area contributed by atoms with Gasteiger partial charge in [-0.15, -0.1) is 11.3 Å². The molecule has 1 unspecified atom stereocenters. The number of rotatable bonds is 6. The Kier molecular flexibility index (Phi) is 5.87. The van der Waals surface area contributed by atoms with E-state index in [1.165, 1.54) is 42.6 Å². The summed E-state index contributed by atoms with van der Waals surface area (Å²) in [5, 5.41) is 23.1. The number of aliphatic hydroxyl groups is 1. The van der Waals surface area contributed by atoms with Gasteiger partial charge in [0, 0.05) is 10.9 Å². The van der Waals surface area contributed by atoms with E-state index < -0.39 is 17.7 Å². The zero-order valence-corrected chi connectivity index (χ0v) is 18.3. The first-order valence-electron chi connectivity index (χ1n) is 9.76. The number of likely N-dealkylation sites (tertiary alicyclic amines) is 1. The fourth-order valence-corrected chi connectivity index (χ4v) is 4.50. The van der Waals surface area contributed by atoms with Gasteiger partial charge >= 0.3 is 0 Å². The van der Waals surface area contributed by atoms with Crippen LogP contribution in [0.15, 0.2) is 65.6 Å². The van der Waals surface area contributed by atoms with Gasteiger partial charge in [0.05, 0.1) is 37.9 Å². The van der Waals surface area contributed by atoms with Crippen LogP contribution < -0.4 is 9.47 Å². The summed E-state index contributed by atoms with van der Waals surface area (Å²) in [5.41, 5.74) is 0.697. The minimum absolute atomic E-state index is 0.00811. The van der Waals surface area contributed by atoms with Gasteiger partial charge < -0.3 is 24.6 Å². The molecule has 0 radical (unpaired) electrons. The minimum Gasteiger partial charge on any atom is -0.508 e. The predicted octanol–water partition coefficient (Wildman–Crippen LogP) is 4.09. The van der Waals surface area contributed by atoms with Crippen molar-refractivity contribution in [1.29, 1.82) is 0 Å². The van der Waals surface area contributed by atoms with E-state index in [9.17, 15) is 19.8 Å². The molecule has 0 bridgehead atoms. The lowest BCUT2D eigenvalue weighted by Crippen LogP contribution is -2.28. The Morgan fingerprint density at radius 3 is 2.53 bits per heavy atom. The molecule has 3 aromatic rings. The highest BCUT2D eigenvalue weighted by Crippen LogP contribution is 2.43. The predicted molar refractivity (Wildman–Crippen MR) is 120 cm³/mol. The lowest BCUT2D eigenvalue weighted by molar-refractivity contribution is -0.140. The van der Waals surface area contributed by atoms with Crippen LogP contribution in [-0.4, -0.2) is 41.0 Å². The highest BCUT2D eigenvalue weighted by Gasteiger charge is 2.46. The number of aromatic hydroxyl groups is 1. The van der Waals surface area contributed by atoms with Crippen LogP contribution in [-0.2, 0) is 16.1 Å². The Balaban J connectivity index is 1.90. The molecule has 2 heterocycles. The van der Waals surface area contributed by atoms with Gasteiger partial charge in [0.15, 0.2) is 0 Å². The molecule has 4 rings (SSSR count). The maximum Gasteiger partial charge on any atom is 0.295 e. The van der Waals surface area contributed by atoms with Crippen molar-refractivity contribution in [3.05, 3.63) is 81.6 Å². The number of hydrogen-bond acceptors (Lipinski definition) is 7. The number of Topliss-reactive ketones (excluding diaryl/α,β-unsaturated/α-hetero) is 1. The number of amides is 1. The number of aliphatic hydroxyl groups excluding tert-OH is 1. The SMILES string of the molecule is COc1ccc(/C(O)=C2/C(=O)C(=O)N(Cc3cccs3)C2c2cccc(O)c2)c(OC)c1. The quantitative estimate of drug-likeness (QED) is 0.333. The number of carbonyl (C=O) groups excluding carboxylic acids is 2. The topological polar surface area (TPSA) is 96.3 Å². The van der Waals surface area contributed by atoms with E-state index in [0.29, 0.717) is 17.1 Å². The summed E-state index contributed by atoms with van der Waals surface area (Å²) >= 11 is 1.46. The van der Waals surface area contributed by atoms with Gasteiger partial charge in [-0.1, -0.05) is 18.2 Å². The summed E-state index contributed by atoms with van der Waals surface area (Å²) in [6.07, 6.45) is 0. The van der Waals surface area contributed by atoms with Crippen LogP contribution in [0, 0.1) is 0 Å².